The van der Waals surface area contributed by atoms with Gasteiger partial charge in [0.2, 0.25) is 0 Å². The van der Waals surface area contributed by atoms with E-state index in [1.807, 2.05) is 0 Å². The first-order valence-corrected chi connectivity index (χ1v) is 3.79. The second kappa shape index (κ2) is 3.88. The first-order chi connectivity index (χ1) is 4.83. The summed E-state index contributed by atoms with van der Waals surface area (Å²) in [5, 5.41) is 9.06. The maximum atomic E-state index is 11.7. The summed E-state index contributed by atoms with van der Waals surface area (Å²) in [6.45, 7) is 2.22. The molecule has 0 aromatic carbocycles. The van der Waals surface area contributed by atoms with Gasteiger partial charge in [0.15, 0.2) is 0 Å². The minimum absolute atomic E-state index is 0.167. The van der Waals surface area contributed by atoms with Crippen LogP contribution in [0.25, 0.3) is 0 Å². The predicted octanol–water partition coefficient (Wildman–Crippen LogP) is 0.413. The number of hydrogen-bond donors (Lipinski definition) is 1. The van der Waals surface area contributed by atoms with Crippen molar-refractivity contribution in [3.8, 4) is 0 Å². The van der Waals surface area contributed by atoms with Crippen LogP contribution in [0.4, 0.5) is 4.39 Å². The van der Waals surface area contributed by atoms with Crippen LogP contribution in [-0.2, 0) is 0 Å². The highest BCUT2D eigenvalue weighted by molar-refractivity contribution is 4.73. The minimum Gasteiger partial charge on any atom is -0.392 e. The summed E-state index contributed by atoms with van der Waals surface area (Å²) in [4.78, 5) is 2.10. The molecule has 1 aliphatic rings. The van der Waals surface area contributed by atoms with Crippen LogP contribution in [-0.4, -0.2) is 42.4 Å². The van der Waals surface area contributed by atoms with Crippen molar-refractivity contribution in [1.82, 2.24) is 4.90 Å². The molecule has 2 nitrogen and oxygen atoms in total. The van der Waals surface area contributed by atoms with Crippen molar-refractivity contribution >= 4 is 0 Å². The lowest BCUT2D eigenvalue weighted by atomic mass is 10.3. The van der Waals surface area contributed by atoms with Crippen molar-refractivity contribution in [3.05, 3.63) is 0 Å². The summed E-state index contributed by atoms with van der Waals surface area (Å²) < 4.78 is 11.7. The van der Waals surface area contributed by atoms with Gasteiger partial charge in [-0.25, -0.2) is 0 Å². The molecule has 0 bridgehead atoms. The van der Waals surface area contributed by atoms with Gasteiger partial charge in [0, 0.05) is 19.6 Å². The fourth-order valence-electron chi connectivity index (χ4n) is 1.30. The molecule has 0 amide bonds. The maximum Gasteiger partial charge on any atom is 0.0906 e. The van der Waals surface area contributed by atoms with Crippen molar-refractivity contribution < 1.29 is 9.50 Å². The molecular weight excluding hydrogens is 133 g/mol. The molecule has 1 N–H and O–H groups in total. The van der Waals surface area contributed by atoms with Gasteiger partial charge in [-0.05, 0) is 12.8 Å². The van der Waals surface area contributed by atoms with Crippen molar-refractivity contribution in [2.45, 2.75) is 18.9 Å². The Labute approximate surface area is 60.6 Å². The summed E-state index contributed by atoms with van der Waals surface area (Å²) in [6.07, 6.45) is 1.29. The van der Waals surface area contributed by atoms with Gasteiger partial charge in [-0.3, -0.25) is 4.39 Å². The number of aliphatic hydroxyl groups is 1. The molecule has 60 valence electrons. The van der Waals surface area contributed by atoms with Gasteiger partial charge in [0.25, 0.3) is 0 Å². The number of aliphatic hydroxyl groups excluding tert-OH is 1. The van der Waals surface area contributed by atoms with Gasteiger partial charge < -0.3 is 10.0 Å². The number of hydrogen-bond acceptors (Lipinski definition) is 2. The van der Waals surface area contributed by atoms with Crippen LogP contribution in [0.1, 0.15) is 12.8 Å². The SMILES string of the molecule is O[C@H]1CCN(CCCF)C1. The summed E-state index contributed by atoms with van der Waals surface area (Å²) in [5.41, 5.74) is 0. The van der Waals surface area contributed by atoms with Gasteiger partial charge >= 0.3 is 0 Å². The molecule has 0 radical (unpaired) electrons. The first-order valence-electron chi connectivity index (χ1n) is 3.79. The molecule has 1 rings (SSSR count). The highest BCUT2D eigenvalue weighted by Gasteiger charge is 2.18. The third-order valence-electron chi connectivity index (χ3n) is 1.86. The second-order valence-electron chi connectivity index (χ2n) is 2.79. The third-order valence-corrected chi connectivity index (χ3v) is 1.86. The van der Waals surface area contributed by atoms with E-state index < -0.39 is 0 Å². The smallest absolute Gasteiger partial charge is 0.0906 e. The first kappa shape index (κ1) is 7.95. The largest absolute Gasteiger partial charge is 0.392 e. The molecule has 1 aliphatic heterocycles. The Hall–Kier alpha value is -0.150. The van der Waals surface area contributed by atoms with Crippen molar-refractivity contribution in [2.24, 2.45) is 0 Å². The summed E-state index contributed by atoms with van der Waals surface area (Å²) in [7, 11) is 0. The van der Waals surface area contributed by atoms with E-state index in [9.17, 15) is 4.39 Å². The van der Waals surface area contributed by atoms with Crippen molar-refractivity contribution in [3.63, 3.8) is 0 Å². The zero-order valence-electron chi connectivity index (χ0n) is 6.09. The number of alkyl halides is 1. The Balaban J connectivity index is 2.06. The molecule has 1 fully saturated rings. The van der Waals surface area contributed by atoms with Gasteiger partial charge in [-0.1, -0.05) is 0 Å². The second-order valence-corrected chi connectivity index (χ2v) is 2.79. The lowest BCUT2D eigenvalue weighted by Gasteiger charge is -2.12. The topological polar surface area (TPSA) is 23.5 Å². The average molecular weight is 147 g/mol. The van der Waals surface area contributed by atoms with Crippen LogP contribution in [0.3, 0.4) is 0 Å². The molecule has 10 heavy (non-hydrogen) atoms. The zero-order chi connectivity index (χ0) is 7.40. The van der Waals surface area contributed by atoms with Crippen LogP contribution >= 0.6 is 0 Å². The van der Waals surface area contributed by atoms with E-state index in [1.165, 1.54) is 0 Å². The highest BCUT2D eigenvalue weighted by atomic mass is 19.1. The molecule has 0 spiro atoms. The summed E-state index contributed by atoms with van der Waals surface area (Å²) in [6, 6.07) is 0. The number of halogens is 1. The number of rotatable bonds is 3. The van der Waals surface area contributed by atoms with Gasteiger partial charge in [-0.2, -0.15) is 0 Å². The molecular formula is C7H14FNO. The number of likely N-dealkylation sites (tertiary alicyclic amines) is 1. The zero-order valence-corrected chi connectivity index (χ0v) is 6.09. The third kappa shape index (κ3) is 2.23. The van der Waals surface area contributed by atoms with Gasteiger partial charge in [0.1, 0.15) is 0 Å². The van der Waals surface area contributed by atoms with Crippen LogP contribution in [0.15, 0.2) is 0 Å². The van der Waals surface area contributed by atoms with Crippen LogP contribution in [0, 0.1) is 0 Å². The van der Waals surface area contributed by atoms with E-state index >= 15 is 0 Å². The summed E-state index contributed by atoms with van der Waals surface area (Å²) >= 11 is 0. The van der Waals surface area contributed by atoms with Crippen molar-refractivity contribution in [2.75, 3.05) is 26.3 Å². The molecule has 0 saturated carbocycles. The van der Waals surface area contributed by atoms with E-state index in [0.29, 0.717) is 6.42 Å². The van der Waals surface area contributed by atoms with E-state index in [1.54, 1.807) is 0 Å². The maximum absolute atomic E-state index is 11.7. The van der Waals surface area contributed by atoms with E-state index in [0.717, 1.165) is 26.1 Å². The highest BCUT2D eigenvalue weighted by Crippen LogP contribution is 2.08. The molecule has 1 atom stereocenters. The van der Waals surface area contributed by atoms with Gasteiger partial charge in [-0.15, -0.1) is 0 Å². The Kier molecular flexibility index (Phi) is 3.09. The lowest BCUT2D eigenvalue weighted by Crippen LogP contribution is -2.23. The Morgan fingerprint density at radius 3 is 2.90 bits per heavy atom. The number of β-amino-alcohol motifs (C(OH)–C–C–N with tert-alkyl or cyclic N) is 1. The Morgan fingerprint density at radius 2 is 2.40 bits per heavy atom. The molecule has 0 unspecified atom stereocenters. The predicted molar refractivity (Wildman–Crippen MR) is 37.7 cm³/mol. The van der Waals surface area contributed by atoms with Crippen LogP contribution in [0.2, 0.25) is 0 Å². The van der Waals surface area contributed by atoms with Crippen molar-refractivity contribution in [1.29, 1.82) is 0 Å². The van der Waals surface area contributed by atoms with Crippen LogP contribution in [0.5, 0.6) is 0 Å². The van der Waals surface area contributed by atoms with E-state index in [2.05, 4.69) is 4.90 Å². The molecule has 1 heterocycles. The normalized spacial score (nSPS) is 27.6. The monoisotopic (exact) mass is 147 g/mol. The standard InChI is InChI=1S/C7H14FNO/c8-3-1-4-9-5-2-7(10)6-9/h7,10H,1-6H2/t7-/m0/s1. The minimum atomic E-state index is -0.243. The molecule has 0 aliphatic carbocycles. The fraction of sp³-hybridized carbons (Fsp3) is 1.00. The number of nitrogens with zero attached hydrogens (tertiary/aromatic N) is 1. The quantitative estimate of drug-likeness (QED) is 0.625. The molecule has 3 heteroatoms. The fourth-order valence-corrected chi connectivity index (χ4v) is 1.30. The van der Waals surface area contributed by atoms with Crippen LogP contribution < -0.4 is 0 Å². The Morgan fingerprint density at radius 1 is 1.60 bits per heavy atom. The average Bonchev–Trinajstić information content (AvgIpc) is 2.31. The molecule has 0 aromatic rings. The molecule has 0 aromatic heterocycles. The summed E-state index contributed by atoms with van der Waals surface area (Å²) in [5.74, 6) is 0. The van der Waals surface area contributed by atoms with Gasteiger partial charge in [0.05, 0.1) is 12.8 Å². The Bertz CT molecular complexity index is 99.6. The molecule has 1 saturated heterocycles. The van der Waals surface area contributed by atoms with E-state index in [-0.39, 0.29) is 12.8 Å². The lowest BCUT2D eigenvalue weighted by molar-refractivity contribution is 0.175. The van der Waals surface area contributed by atoms with E-state index in [4.69, 9.17) is 5.11 Å².